The highest BCUT2D eigenvalue weighted by atomic mass is 16.5. The molecule has 0 radical (unpaired) electrons. The quantitative estimate of drug-likeness (QED) is 0.871. The van der Waals surface area contributed by atoms with E-state index in [1.807, 2.05) is 32.9 Å². The van der Waals surface area contributed by atoms with Crippen LogP contribution in [0.3, 0.4) is 0 Å². The van der Waals surface area contributed by atoms with Gasteiger partial charge in [0.1, 0.15) is 5.60 Å². The van der Waals surface area contributed by atoms with Crippen LogP contribution in [0.1, 0.15) is 71.3 Å². The van der Waals surface area contributed by atoms with E-state index in [0.717, 1.165) is 24.9 Å². The number of nitrogens with one attached hydrogen (secondary N) is 1. The average molecular weight is 360 g/mol. The standard InChI is InChI=1S/C21H33N3O2/c1-21(2,3)26-19-12-11-16(14-22-19)15-23-20(25)18-10-6-7-13-24(18)17-8-4-5-9-17/h11-12,14,17-18H,4-10,13,15H2,1-3H3,(H,23,25). The molecule has 2 fully saturated rings. The van der Waals surface area contributed by atoms with Crippen molar-refractivity contribution in [3.05, 3.63) is 23.9 Å². The SMILES string of the molecule is CC(C)(C)Oc1ccc(CNC(=O)C2CCCCN2C2CCCC2)cn1. The molecule has 1 aliphatic carbocycles. The Morgan fingerprint density at radius 3 is 2.58 bits per heavy atom. The zero-order valence-electron chi connectivity index (χ0n) is 16.5. The van der Waals surface area contributed by atoms with Gasteiger partial charge in [-0.2, -0.15) is 0 Å². The number of likely N-dealkylation sites (tertiary alicyclic amines) is 1. The summed E-state index contributed by atoms with van der Waals surface area (Å²) in [7, 11) is 0. The third kappa shape index (κ3) is 5.19. The summed E-state index contributed by atoms with van der Waals surface area (Å²) >= 11 is 0. The van der Waals surface area contributed by atoms with Gasteiger partial charge in [-0.15, -0.1) is 0 Å². The first-order chi connectivity index (χ1) is 12.4. The number of amides is 1. The van der Waals surface area contributed by atoms with Crippen LogP contribution in [0.5, 0.6) is 5.88 Å². The maximum Gasteiger partial charge on any atom is 0.237 e. The predicted molar refractivity (Wildman–Crippen MR) is 103 cm³/mol. The Hall–Kier alpha value is -1.62. The van der Waals surface area contributed by atoms with Crippen molar-refractivity contribution < 1.29 is 9.53 Å². The lowest BCUT2D eigenvalue weighted by Gasteiger charge is -2.38. The van der Waals surface area contributed by atoms with Crippen molar-refractivity contribution in [1.29, 1.82) is 0 Å². The van der Waals surface area contributed by atoms with Crippen LogP contribution in [0.2, 0.25) is 0 Å². The van der Waals surface area contributed by atoms with Crippen molar-refractivity contribution in [2.75, 3.05) is 6.54 Å². The van der Waals surface area contributed by atoms with E-state index in [1.54, 1.807) is 6.20 Å². The minimum atomic E-state index is -0.257. The second kappa shape index (κ2) is 8.38. The summed E-state index contributed by atoms with van der Waals surface area (Å²) in [6.45, 7) is 7.61. The smallest absolute Gasteiger partial charge is 0.237 e. The van der Waals surface area contributed by atoms with Gasteiger partial charge < -0.3 is 10.1 Å². The third-order valence-electron chi connectivity index (χ3n) is 5.32. The van der Waals surface area contributed by atoms with Crippen LogP contribution in [0.15, 0.2) is 18.3 Å². The van der Waals surface area contributed by atoms with Crippen molar-refractivity contribution in [3.63, 3.8) is 0 Å². The van der Waals surface area contributed by atoms with Crippen LogP contribution >= 0.6 is 0 Å². The highest BCUT2D eigenvalue weighted by Crippen LogP contribution is 2.29. The molecule has 2 heterocycles. The zero-order chi connectivity index (χ0) is 18.6. The molecule has 1 saturated carbocycles. The van der Waals surface area contributed by atoms with Crippen molar-refractivity contribution in [1.82, 2.24) is 15.2 Å². The molecule has 2 aliphatic rings. The first kappa shape index (κ1) is 19.2. The summed E-state index contributed by atoms with van der Waals surface area (Å²) in [5.74, 6) is 0.791. The molecule has 5 nitrogen and oxygen atoms in total. The maximum atomic E-state index is 12.8. The Balaban J connectivity index is 1.54. The number of hydrogen-bond donors (Lipinski definition) is 1. The van der Waals surface area contributed by atoms with E-state index < -0.39 is 0 Å². The predicted octanol–water partition coefficient (Wildman–Crippen LogP) is 3.67. The normalized spacial score (nSPS) is 22.3. The number of hydrogen-bond acceptors (Lipinski definition) is 4. The summed E-state index contributed by atoms with van der Waals surface area (Å²) in [6.07, 6.45) is 10.3. The van der Waals surface area contributed by atoms with Gasteiger partial charge in [0.25, 0.3) is 0 Å². The fourth-order valence-corrected chi connectivity index (χ4v) is 4.10. The number of rotatable bonds is 5. The number of pyridine rings is 1. The topological polar surface area (TPSA) is 54.5 Å². The van der Waals surface area contributed by atoms with E-state index in [4.69, 9.17) is 4.74 Å². The van der Waals surface area contributed by atoms with Crippen LogP contribution in [0, 0.1) is 0 Å². The van der Waals surface area contributed by atoms with E-state index in [2.05, 4.69) is 15.2 Å². The maximum absolute atomic E-state index is 12.8. The van der Waals surface area contributed by atoms with Crippen molar-refractivity contribution in [3.8, 4) is 5.88 Å². The summed E-state index contributed by atoms with van der Waals surface area (Å²) in [5.41, 5.74) is 0.746. The number of carbonyl (C=O) groups is 1. The summed E-state index contributed by atoms with van der Waals surface area (Å²) < 4.78 is 5.74. The second-order valence-electron chi connectivity index (χ2n) is 8.62. The van der Waals surface area contributed by atoms with Gasteiger partial charge in [-0.05, 0) is 58.6 Å². The Morgan fingerprint density at radius 2 is 1.92 bits per heavy atom. The van der Waals surface area contributed by atoms with Gasteiger partial charge in [0, 0.05) is 24.8 Å². The van der Waals surface area contributed by atoms with Crippen LogP contribution in [-0.4, -0.2) is 40.0 Å². The van der Waals surface area contributed by atoms with E-state index in [0.29, 0.717) is 18.5 Å². The van der Waals surface area contributed by atoms with E-state index >= 15 is 0 Å². The molecule has 3 rings (SSSR count). The molecule has 5 heteroatoms. The number of piperidine rings is 1. The van der Waals surface area contributed by atoms with Gasteiger partial charge in [0.2, 0.25) is 11.8 Å². The lowest BCUT2D eigenvalue weighted by molar-refractivity contribution is -0.129. The molecule has 1 atom stereocenters. The Kier molecular flexibility index (Phi) is 6.17. The minimum Gasteiger partial charge on any atom is -0.472 e. The molecule has 144 valence electrons. The molecule has 1 N–H and O–H groups in total. The van der Waals surface area contributed by atoms with Gasteiger partial charge in [-0.25, -0.2) is 4.98 Å². The molecule has 0 bridgehead atoms. The molecule has 26 heavy (non-hydrogen) atoms. The first-order valence-electron chi connectivity index (χ1n) is 10.1. The average Bonchev–Trinajstić information content (AvgIpc) is 3.14. The van der Waals surface area contributed by atoms with Crippen LogP contribution in [0.25, 0.3) is 0 Å². The molecule has 1 aromatic rings. The van der Waals surface area contributed by atoms with Crippen molar-refractivity contribution >= 4 is 5.91 Å². The Labute approximate surface area is 157 Å². The number of nitrogens with zero attached hydrogens (tertiary/aromatic N) is 2. The fourth-order valence-electron chi connectivity index (χ4n) is 4.10. The second-order valence-corrected chi connectivity index (χ2v) is 8.62. The van der Waals surface area contributed by atoms with Gasteiger partial charge in [-0.1, -0.05) is 25.3 Å². The molecular formula is C21H33N3O2. The Morgan fingerprint density at radius 1 is 1.19 bits per heavy atom. The summed E-state index contributed by atoms with van der Waals surface area (Å²) in [6, 6.07) is 4.51. The molecule has 1 amide bonds. The number of aromatic nitrogens is 1. The van der Waals surface area contributed by atoms with Crippen LogP contribution < -0.4 is 10.1 Å². The Bertz CT molecular complexity index is 588. The summed E-state index contributed by atoms with van der Waals surface area (Å²) in [4.78, 5) is 19.6. The van der Waals surface area contributed by atoms with Crippen LogP contribution in [0.4, 0.5) is 0 Å². The van der Waals surface area contributed by atoms with Crippen molar-refractivity contribution in [2.24, 2.45) is 0 Å². The molecular weight excluding hydrogens is 326 g/mol. The molecule has 1 aromatic heterocycles. The zero-order valence-corrected chi connectivity index (χ0v) is 16.5. The first-order valence-corrected chi connectivity index (χ1v) is 10.1. The van der Waals surface area contributed by atoms with Gasteiger partial charge in [0.05, 0.1) is 6.04 Å². The van der Waals surface area contributed by atoms with E-state index in [-0.39, 0.29) is 17.6 Å². The molecule has 1 aliphatic heterocycles. The third-order valence-corrected chi connectivity index (χ3v) is 5.32. The largest absolute Gasteiger partial charge is 0.472 e. The monoisotopic (exact) mass is 359 g/mol. The fraction of sp³-hybridized carbons (Fsp3) is 0.714. The highest BCUT2D eigenvalue weighted by molar-refractivity contribution is 5.81. The molecule has 0 spiro atoms. The minimum absolute atomic E-state index is 0.0447. The van der Waals surface area contributed by atoms with Gasteiger partial charge >= 0.3 is 0 Å². The molecule has 0 aromatic carbocycles. The van der Waals surface area contributed by atoms with Gasteiger partial charge in [-0.3, -0.25) is 9.69 Å². The highest BCUT2D eigenvalue weighted by Gasteiger charge is 2.34. The van der Waals surface area contributed by atoms with Gasteiger partial charge in [0.15, 0.2) is 0 Å². The summed E-state index contributed by atoms with van der Waals surface area (Å²) in [5, 5.41) is 3.13. The lowest BCUT2D eigenvalue weighted by atomic mass is 9.98. The van der Waals surface area contributed by atoms with Crippen molar-refractivity contribution in [2.45, 2.75) is 89.9 Å². The molecule has 1 unspecified atom stereocenters. The molecule has 1 saturated heterocycles. The van der Waals surface area contributed by atoms with E-state index in [9.17, 15) is 4.79 Å². The number of carbonyl (C=O) groups excluding carboxylic acids is 1. The lowest BCUT2D eigenvalue weighted by Crippen LogP contribution is -2.52. The van der Waals surface area contributed by atoms with E-state index in [1.165, 1.54) is 32.1 Å². The number of ether oxygens (including phenoxy) is 1. The van der Waals surface area contributed by atoms with Crippen LogP contribution in [-0.2, 0) is 11.3 Å².